The Bertz CT molecular complexity index is 560. The van der Waals surface area contributed by atoms with Gasteiger partial charge in [0.15, 0.2) is 6.61 Å². The fourth-order valence-electron chi connectivity index (χ4n) is 1.73. The van der Waals surface area contributed by atoms with Crippen LogP contribution < -0.4 is 4.74 Å². The van der Waals surface area contributed by atoms with Crippen LogP contribution in [0.3, 0.4) is 0 Å². The molecule has 0 N–H and O–H groups in total. The smallest absolute Gasteiger partial charge is 0.260 e. The maximum Gasteiger partial charge on any atom is 0.260 e. The summed E-state index contributed by atoms with van der Waals surface area (Å²) in [4.78, 5) is 13.5. The van der Waals surface area contributed by atoms with E-state index in [9.17, 15) is 9.18 Å². The van der Waals surface area contributed by atoms with Gasteiger partial charge in [-0.3, -0.25) is 4.79 Å². The highest BCUT2D eigenvalue weighted by Crippen LogP contribution is 2.11. The molecule has 21 heavy (non-hydrogen) atoms. The standard InChI is InChI=1S/C16H16FNO2.ClH/c1-18(11-13-5-3-2-4-6-13)16(19)12-20-15-9-7-14(17)8-10-15;/h2-10H,11-12H2,1H3;1H. The number of benzene rings is 2. The van der Waals surface area contributed by atoms with E-state index >= 15 is 0 Å². The van der Waals surface area contributed by atoms with Gasteiger partial charge in [0.1, 0.15) is 11.6 Å². The van der Waals surface area contributed by atoms with E-state index in [-0.39, 0.29) is 30.7 Å². The molecule has 0 aliphatic carbocycles. The molecule has 1 amide bonds. The number of hydrogen-bond acceptors (Lipinski definition) is 2. The molecule has 0 saturated heterocycles. The molecular formula is C16H17ClFNO2. The molecule has 0 unspecified atom stereocenters. The van der Waals surface area contributed by atoms with Crippen LogP contribution in [0.5, 0.6) is 5.75 Å². The van der Waals surface area contributed by atoms with Crippen molar-refractivity contribution in [1.82, 2.24) is 4.90 Å². The summed E-state index contributed by atoms with van der Waals surface area (Å²) in [5.74, 6) is 0.0240. The molecule has 2 aromatic carbocycles. The van der Waals surface area contributed by atoms with E-state index in [2.05, 4.69) is 0 Å². The SMILES string of the molecule is CN(Cc1ccccc1)C(=O)COc1ccc(F)cc1.Cl. The minimum atomic E-state index is -0.329. The van der Waals surface area contributed by atoms with E-state index < -0.39 is 0 Å². The Kier molecular flexibility index (Phi) is 6.69. The minimum absolute atomic E-state index is 0. The fourth-order valence-corrected chi connectivity index (χ4v) is 1.73. The predicted octanol–water partition coefficient (Wildman–Crippen LogP) is 3.28. The Morgan fingerprint density at radius 2 is 1.71 bits per heavy atom. The molecule has 0 spiro atoms. The zero-order valence-electron chi connectivity index (χ0n) is 11.7. The summed E-state index contributed by atoms with van der Waals surface area (Å²) in [5, 5.41) is 0. The molecule has 0 radical (unpaired) electrons. The average molecular weight is 310 g/mol. The molecule has 0 saturated carbocycles. The van der Waals surface area contributed by atoms with Gasteiger partial charge in [0, 0.05) is 13.6 Å². The number of halogens is 2. The third-order valence-electron chi connectivity index (χ3n) is 2.86. The van der Waals surface area contributed by atoms with Gasteiger partial charge in [-0.1, -0.05) is 30.3 Å². The first kappa shape index (κ1) is 17.0. The Morgan fingerprint density at radius 3 is 2.33 bits per heavy atom. The maximum atomic E-state index is 12.7. The number of carbonyl (C=O) groups excluding carboxylic acids is 1. The third kappa shape index (κ3) is 5.44. The molecule has 3 nitrogen and oxygen atoms in total. The number of carbonyl (C=O) groups is 1. The Morgan fingerprint density at radius 1 is 1.10 bits per heavy atom. The molecule has 2 aromatic rings. The number of ether oxygens (including phenoxy) is 1. The molecule has 0 aliphatic heterocycles. The van der Waals surface area contributed by atoms with Crippen molar-refractivity contribution in [1.29, 1.82) is 0 Å². The second-order valence-electron chi connectivity index (χ2n) is 4.48. The number of nitrogens with zero attached hydrogens (tertiary/aromatic N) is 1. The van der Waals surface area contributed by atoms with Crippen LogP contribution >= 0.6 is 12.4 Å². The maximum absolute atomic E-state index is 12.7. The monoisotopic (exact) mass is 309 g/mol. The fraction of sp³-hybridized carbons (Fsp3) is 0.188. The van der Waals surface area contributed by atoms with Crippen LogP contribution in [0.2, 0.25) is 0 Å². The Balaban J connectivity index is 0.00000220. The Hall–Kier alpha value is -2.07. The quantitative estimate of drug-likeness (QED) is 0.848. The average Bonchev–Trinajstić information content (AvgIpc) is 2.47. The summed E-state index contributed by atoms with van der Waals surface area (Å²) in [6.07, 6.45) is 0. The van der Waals surface area contributed by atoms with Crippen molar-refractivity contribution in [2.45, 2.75) is 6.54 Å². The summed E-state index contributed by atoms with van der Waals surface area (Å²) in [7, 11) is 1.73. The van der Waals surface area contributed by atoms with Gasteiger partial charge < -0.3 is 9.64 Å². The Labute approximate surface area is 129 Å². The van der Waals surface area contributed by atoms with E-state index in [1.165, 1.54) is 24.3 Å². The van der Waals surface area contributed by atoms with Crippen molar-refractivity contribution in [3.05, 3.63) is 66.0 Å². The van der Waals surface area contributed by atoms with E-state index in [0.717, 1.165) is 5.56 Å². The number of likely N-dealkylation sites (N-methyl/N-ethyl adjacent to an activating group) is 1. The summed E-state index contributed by atoms with van der Waals surface area (Å²) in [6, 6.07) is 15.3. The van der Waals surface area contributed by atoms with Crippen LogP contribution in [0.4, 0.5) is 4.39 Å². The van der Waals surface area contributed by atoms with Crippen molar-refractivity contribution >= 4 is 18.3 Å². The molecule has 0 aromatic heterocycles. The summed E-state index contributed by atoms with van der Waals surface area (Å²) in [6.45, 7) is 0.474. The highest BCUT2D eigenvalue weighted by atomic mass is 35.5. The van der Waals surface area contributed by atoms with Crippen LogP contribution in [0.1, 0.15) is 5.56 Å². The van der Waals surface area contributed by atoms with E-state index in [1.807, 2.05) is 30.3 Å². The van der Waals surface area contributed by atoms with Gasteiger partial charge in [0.25, 0.3) is 5.91 Å². The lowest BCUT2D eigenvalue weighted by atomic mass is 10.2. The van der Waals surface area contributed by atoms with Gasteiger partial charge in [-0.05, 0) is 29.8 Å². The van der Waals surface area contributed by atoms with Crippen LogP contribution in [-0.4, -0.2) is 24.5 Å². The normalized spacial score (nSPS) is 9.62. The highest BCUT2D eigenvalue weighted by molar-refractivity contribution is 5.85. The first-order chi connectivity index (χ1) is 9.65. The lowest BCUT2D eigenvalue weighted by Gasteiger charge is -2.17. The molecule has 0 atom stereocenters. The van der Waals surface area contributed by atoms with E-state index in [0.29, 0.717) is 12.3 Å². The van der Waals surface area contributed by atoms with Gasteiger partial charge in [0.2, 0.25) is 0 Å². The number of rotatable bonds is 5. The highest BCUT2D eigenvalue weighted by Gasteiger charge is 2.10. The van der Waals surface area contributed by atoms with Gasteiger partial charge in [-0.2, -0.15) is 0 Å². The molecular weight excluding hydrogens is 293 g/mol. The van der Waals surface area contributed by atoms with Crippen LogP contribution in [-0.2, 0) is 11.3 Å². The lowest BCUT2D eigenvalue weighted by molar-refractivity contribution is -0.132. The van der Waals surface area contributed by atoms with Gasteiger partial charge in [-0.25, -0.2) is 4.39 Å². The third-order valence-corrected chi connectivity index (χ3v) is 2.86. The first-order valence-corrected chi connectivity index (χ1v) is 6.31. The predicted molar refractivity (Wildman–Crippen MR) is 82.1 cm³/mol. The molecule has 0 bridgehead atoms. The summed E-state index contributed by atoms with van der Waals surface area (Å²) in [5.41, 5.74) is 1.06. The van der Waals surface area contributed by atoms with Crippen molar-refractivity contribution in [2.24, 2.45) is 0 Å². The van der Waals surface area contributed by atoms with Crippen molar-refractivity contribution in [2.75, 3.05) is 13.7 Å². The summed E-state index contributed by atoms with van der Waals surface area (Å²) < 4.78 is 18.0. The molecule has 0 heterocycles. The van der Waals surface area contributed by atoms with Crippen molar-refractivity contribution < 1.29 is 13.9 Å². The molecule has 0 aliphatic rings. The second kappa shape index (κ2) is 8.27. The molecule has 2 rings (SSSR count). The first-order valence-electron chi connectivity index (χ1n) is 6.31. The lowest BCUT2D eigenvalue weighted by Crippen LogP contribution is -2.30. The van der Waals surface area contributed by atoms with Crippen LogP contribution in [0.25, 0.3) is 0 Å². The zero-order valence-corrected chi connectivity index (χ0v) is 12.5. The minimum Gasteiger partial charge on any atom is -0.484 e. The molecule has 112 valence electrons. The van der Waals surface area contributed by atoms with Gasteiger partial charge in [-0.15, -0.1) is 12.4 Å². The molecule has 5 heteroatoms. The van der Waals surface area contributed by atoms with E-state index in [1.54, 1.807) is 11.9 Å². The van der Waals surface area contributed by atoms with Gasteiger partial charge >= 0.3 is 0 Å². The van der Waals surface area contributed by atoms with Gasteiger partial charge in [0.05, 0.1) is 0 Å². The number of amides is 1. The van der Waals surface area contributed by atoms with Crippen LogP contribution in [0.15, 0.2) is 54.6 Å². The van der Waals surface area contributed by atoms with Crippen molar-refractivity contribution in [3.63, 3.8) is 0 Å². The molecule has 0 fully saturated rings. The number of hydrogen-bond donors (Lipinski definition) is 0. The summed E-state index contributed by atoms with van der Waals surface area (Å²) >= 11 is 0. The van der Waals surface area contributed by atoms with Crippen LogP contribution in [0, 0.1) is 5.82 Å². The topological polar surface area (TPSA) is 29.5 Å². The zero-order chi connectivity index (χ0) is 14.4. The van der Waals surface area contributed by atoms with E-state index in [4.69, 9.17) is 4.74 Å². The second-order valence-corrected chi connectivity index (χ2v) is 4.48. The van der Waals surface area contributed by atoms with Crippen molar-refractivity contribution in [3.8, 4) is 5.75 Å². The largest absolute Gasteiger partial charge is 0.484 e.